The molecule has 1 amide bonds. The average molecular weight is 914 g/mol. The second-order valence-electron chi connectivity index (χ2n) is 16.7. The van der Waals surface area contributed by atoms with Gasteiger partial charge < -0.3 is 29.7 Å². The van der Waals surface area contributed by atoms with Gasteiger partial charge in [-0.05, 0) is 62.5 Å². The van der Waals surface area contributed by atoms with E-state index in [2.05, 4.69) is 36.5 Å². The zero-order chi connectivity index (χ0) is 44.8. The van der Waals surface area contributed by atoms with Gasteiger partial charge >= 0.3 is 51.9 Å². The van der Waals surface area contributed by atoms with Crippen LogP contribution in [0.1, 0.15) is 166 Å². The normalized spacial score (nSPS) is 19.1. The van der Waals surface area contributed by atoms with E-state index in [0.717, 1.165) is 109 Å². The van der Waals surface area contributed by atoms with Crippen molar-refractivity contribution in [2.75, 3.05) is 6.61 Å². The SMILES string of the molecule is CCCCCCCCCCC(OC(=O)CCCCCCCCc1ccccc1)C(=O)N[C@H]1C(O)O[C@H](CO)[C@@H](OS(=O)(=O)O)[C@@H]1OC(=O)CCCCCCCCc1ccccc1.[NaH]. The van der Waals surface area contributed by atoms with Gasteiger partial charge in [-0.1, -0.05) is 164 Å². The Hall–Kier alpha value is -2.40. The van der Waals surface area contributed by atoms with Crippen molar-refractivity contribution in [2.24, 2.45) is 0 Å². The molecule has 0 radical (unpaired) electrons. The first kappa shape index (κ1) is 56.7. The molecular formula is C48H76NNaO12S. The maximum atomic E-state index is 13.9. The summed E-state index contributed by atoms with van der Waals surface area (Å²) in [6, 6.07) is 19.0. The first-order chi connectivity index (χ1) is 30.0. The minimum atomic E-state index is -5.19. The van der Waals surface area contributed by atoms with E-state index in [1.807, 2.05) is 36.4 Å². The Morgan fingerprint density at radius 3 is 1.62 bits per heavy atom. The predicted octanol–water partition coefficient (Wildman–Crippen LogP) is 8.02. The maximum absolute atomic E-state index is 13.9. The van der Waals surface area contributed by atoms with Crippen LogP contribution in [0.3, 0.4) is 0 Å². The number of ether oxygens (including phenoxy) is 3. The molecule has 4 N–H and O–H groups in total. The number of carbonyl (C=O) groups is 3. The summed E-state index contributed by atoms with van der Waals surface area (Å²) >= 11 is 0. The van der Waals surface area contributed by atoms with Gasteiger partial charge in [0, 0.05) is 12.8 Å². The van der Waals surface area contributed by atoms with Crippen LogP contribution in [-0.2, 0) is 56.0 Å². The standard InChI is InChI=1S/C48H75NO12S.Na.H/c1-2-3-4-5-6-7-14-25-34-40(58-42(51)35-26-15-10-8-12-19-28-38-30-21-17-22-31-38)47(53)49-44-46(45(61-62(55,56)57)41(37-50)59-48(44)54)60-43(52)36-27-16-11-9-13-20-29-39-32-23-18-24-33-39;;/h17-18,21-24,30-33,40-41,44-46,48,50,54H,2-16,19-20,25-29,34-37H2,1H3,(H,49,53)(H,55,56,57);;/t40?,41-,44-,45-,46-,48?;;/m1../s1. The van der Waals surface area contributed by atoms with Crippen LogP contribution in [0.5, 0.6) is 0 Å². The zero-order valence-electron chi connectivity index (χ0n) is 37.0. The number of amides is 1. The number of aliphatic hydroxyl groups is 2. The summed E-state index contributed by atoms with van der Waals surface area (Å²) in [6.07, 6.45) is 12.9. The molecule has 1 saturated heterocycles. The number of esters is 2. The quantitative estimate of drug-likeness (QED) is 0.0229. The molecule has 2 aromatic carbocycles. The molecule has 1 heterocycles. The van der Waals surface area contributed by atoms with Crippen molar-refractivity contribution >= 4 is 57.8 Å². The molecule has 3 rings (SSSR count). The first-order valence-electron chi connectivity index (χ1n) is 23.4. The molecule has 352 valence electrons. The zero-order valence-corrected chi connectivity index (χ0v) is 37.9. The Balaban J connectivity index is 0.0000137. The van der Waals surface area contributed by atoms with Crippen LogP contribution in [0.15, 0.2) is 60.7 Å². The van der Waals surface area contributed by atoms with Gasteiger partial charge in [0.25, 0.3) is 5.91 Å². The number of unbranched alkanes of at least 4 members (excludes halogenated alkanes) is 17. The molecule has 0 aliphatic carbocycles. The molecule has 2 unspecified atom stereocenters. The second kappa shape index (κ2) is 34.0. The van der Waals surface area contributed by atoms with Gasteiger partial charge in [0.05, 0.1) is 6.61 Å². The van der Waals surface area contributed by atoms with Crippen molar-refractivity contribution < 1.29 is 56.0 Å². The predicted molar refractivity (Wildman–Crippen MR) is 245 cm³/mol. The van der Waals surface area contributed by atoms with Gasteiger partial charge in [-0.25, -0.2) is 4.18 Å². The number of rotatable bonds is 34. The number of benzene rings is 2. The molecular weight excluding hydrogens is 838 g/mol. The summed E-state index contributed by atoms with van der Waals surface area (Å²) in [4.78, 5) is 40.3. The average Bonchev–Trinajstić information content (AvgIpc) is 3.25. The number of aryl methyl sites for hydroxylation is 2. The van der Waals surface area contributed by atoms with Gasteiger partial charge in [-0.3, -0.25) is 18.9 Å². The molecule has 63 heavy (non-hydrogen) atoms. The third-order valence-electron chi connectivity index (χ3n) is 11.4. The van der Waals surface area contributed by atoms with Crippen LogP contribution in [0.4, 0.5) is 0 Å². The Kier molecular flexibility index (Phi) is 30.6. The van der Waals surface area contributed by atoms with Crippen LogP contribution in [0.2, 0.25) is 0 Å². The van der Waals surface area contributed by atoms with Crippen molar-refractivity contribution in [3.8, 4) is 0 Å². The molecule has 0 bridgehead atoms. The Morgan fingerprint density at radius 1 is 0.667 bits per heavy atom. The summed E-state index contributed by atoms with van der Waals surface area (Å²) in [7, 11) is -5.19. The summed E-state index contributed by atoms with van der Waals surface area (Å²) in [5.41, 5.74) is 2.62. The fourth-order valence-electron chi connectivity index (χ4n) is 7.91. The van der Waals surface area contributed by atoms with Crippen molar-refractivity contribution in [1.82, 2.24) is 5.32 Å². The Labute approximate surface area is 399 Å². The molecule has 6 atom stereocenters. The van der Waals surface area contributed by atoms with E-state index in [0.29, 0.717) is 19.3 Å². The van der Waals surface area contributed by atoms with Crippen molar-refractivity contribution in [1.29, 1.82) is 0 Å². The van der Waals surface area contributed by atoms with Crippen LogP contribution < -0.4 is 5.32 Å². The summed E-state index contributed by atoms with van der Waals surface area (Å²) in [5, 5.41) is 23.7. The van der Waals surface area contributed by atoms with Gasteiger partial charge in [0.2, 0.25) is 0 Å². The molecule has 0 saturated carbocycles. The van der Waals surface area contributed by atoms with E-state index in [1.54, 1.807) is 0 Å². The van der Waals surface area contributed by atoms with Crippen LogP contribution in [0.25, 0.3) is 0 Å². The third-order valence-corrected chi connectivity index (χ3v) is 11.9. The van der Waals surface area contributed by atoms with Crippen molar-refractivity contribution in [2.45, 2.75) is 204 Å². The van der Waals surface area contributed by atoms with E-state index in [-0.39, 0.29) is 48.8 Å². The summed E-state index contributed by atoms with van der Waals surface area (Å²) < 4.78 is 55.2. The summed E-state index contributed by atoms with van der Waals surface area (Å²) in [6.45, 7) is 1.29. The Morgan fingerprint density at radius 2 is 1.13 bits per heavy atom. The monoisotopic (exact) mass is 913 g/mol. The number of aliphatic hydroxyl groups excluding tert-OH is 2. The fourth-order valence-corrected chi connectivity index (χ4v) is 8.42. The van der Waals surface area contributed by atoms with E-state index in [1.165, 1.54) is 24.0 Å². The number of hydrogen-bond donors (Lipinski definition) is 4. The minimum absolute atomic E-state index is 0. The molecule has 0 aromatic heterocycles. The van der Waals surface area contributed by atoms with Crippen molar-refractivity contribution in [3.63, 3.8) is 0 Å². The van der Waals surface area contributed by atoms with Crippen molar-refractivity contribution in [3.05, 3.63) is 71.8 Å². The van der Waals surface area contributed by atoms with E-state index < -0.39 is 71.6 Å². The van der Waals surface area contributed by atoms with E-state index >= 15 is 0 Å². The molecule has 13 nitrogen and oxygen atoms in total. The topological polar surface area (TPSA) is 195 Å². The fraction of sp³-hybridized carbons (Fsp3) is 0.688. The van der Waals surface area contributed by atoms with Gasteiger partial charge in [-0.2, -0.15) is 8.42 Å². The van der Waals surface area contributed by atoms with E-state index in [9.17, 15) is 37.6 Å². The van der Waals surface area contributed by atoms with E-state index in [4.69, 9.17) is 18.4 Å². The second-order valence-corrected chi connectivity index (χ2v) is 17.7. The molecule has 1 fully saturated rings. The number of hydrogen-bond acceptors (Lipinski definition) is 11. The third kappa shape index (κ3) is 25.2. The van der Waals surface area contributed by atoms with Crippen LogP contribution in [-0.4, -0.2) is 114 Å². The first-order valence-corrected chi connectivity index (χ1v) is 24.7. The van der Waals surface area contributed by atoms with Gasteiger partial charge in [-0.15, -0.1) is 0 Å². The van der Waals surface area contributed by atoms with Crippen LogP contribution in [0, 0.1) is 0 Å². The molecule has 0 spiro atoms. The molecule has 1 aliphatic heterocycles. The number of carbonyl (C=O) groups excluding carboxylic acids is 3. The van der Waals surface area contributed by atoms with Crippen LogP contribution >= 0.6 is 0 Å². The van der Waals surface area contributed by atoms with Gasteiger partial charge in [0.1, 0.15) is 18.2 Å². The van der Waals surface area contributed by atoms with Gasteiger partial charge in [0.15, 0.2) is 18.5 Å². The molecule has 15 heteroatoms. The molecule has 2 aromatic rings. The number of nitrogens with one attached hydrogen (secondary N) is 1. The summed E-state index contributed by atoms with van der Waals surface area (Å²) in [5.74, 6) is -2.10. The molecule has 1 aliphatic rings. The Bertz CT molecular complexity index is 1620.